The molecule has 0 amide bonds. The van der Waals surface area contributed by atoms with Crippen molar-refractivity contribution in [2.45, 2.75) is 58.3 Å². The average molecular weight is 181 g/mol. The zero-order valence-electron chi connectivity index (χ0n) is 8.94. The van der Waals surface area contributed by atoms with Crippen LogP contribution in [0.1, 0.15) is 58.3 Å². The Labute approximate surface area is 82.1 Å². The van der Waals surface area contributed by atoms with E-state index in [-0.39, 0.29) is 0 Å². The van der Waals surface area contributed by atoms with Gasteiger partial charge in [0.1, 0.15) is 0 Å². The highest BCUT2D eigenvalue weighted by Gasteiger charge is 2.55. The second-order valence-electron chi connectivity index (χ2n) is 5.16. The van der Waals surface area contributed by atoms with Crippen LogP contribution in [-0.2, 0) is 0 Å². The molecule has 0 aromatic carbocycles. The third-order valence-electron chi connectivity index (χ3n) is 5.05. The molecule has 76 valence electrons. The van der Waals surface area contributed by atoms with E-state index in [0.717, 1.165) is 12.0 Å². The normalized spacial score (nSPS) is 29.1. The van der Waals surface area contributed by atoms with E-state index in [9.17, 15) is 0 Å². The maximum atomic E-state index is 5.75. The Hall–Kier alpha value is -0.0400. The van der Waals surface area contributed by atoms with Crippen molar-refractivity contribution in [3.05, 3.63) is 0 Å². The standard InChI is InChI=1S/C12H23N/c1-2-11(5-3-6-11)12(9-10-13)7-4-8-12/h2-10,13H2,1H3. The molecule has 0 unspecified atom stereocenters. The fraction of sp³-hybridized carbons (Fsp3) is 1.00. The van der Waals surface area contributed by atoms with Gasteiger partial charge in [-0.25, -0.2) is 0 Å². The number of hydrogen-bond donors (Lipinski definition) is 1. The fourth-order valence-electron chi connectivity index (χ4n) is 3.79. The quantitative estimate of drug-likeness (QED) is 0.708. The monoisotopic (exact) mass is 181 g/mol. The van der Waals surface area contributed by atoms with E-state index in [1.807, 2.05) is 0 Å². The summed E-state index contributed by atoms with van der Waals surface area (Å²) in [7, 11) is 0. The number of hydrogen-bond acceptors (Lipinski definition) is 1. The predicted molar refractivity (Wildman–Crippen MR) is 56.5 cm³/mol. The molecule has 2 saturated carbocycles. The molecule has 13 heavy (non-hydrogen) atoms. The van der Waals surface area contributed by atoms with Crippen LogP contribution in [-0.4, -0.2) is 6.54 Å². The van der Waals surface area contributed by atoms with Gasteiger partial charge in [0.05, 0.1) is 0 Å². The summed E-state index contributed by atoms with van der Waals surface area (Å²) in [6, 6.07) is 0. The van der Waals surface area contributed by atoms with Crippen LogP contribution in [0.2, 0.25) is 0 Å². The minimum atomic E-state index is 0.689. The lowest BCUT2D eigenvalue weighted by molar-refractivity contribution is -0.104. The van der Waals surface area contributed by atoms with Crippen LogP contribution < -0.4 is 5.73 Å². The van der Waals surface area contributed by atoms with E-state index >= 15 is 0 Å². The Bertz CT molecular complexity index is 172. The number of nitrogens with two attached hydrogens (primary N) is 1. The Morgan fingerprint density at radius 1 is 1.00 bits per heavy atom. The first-order chi connectivity index (χ1) is 6.29. The summed E-state index contributed by atoms with van der Waals surface area (Å²) >= 11 is 0. The number of rotatable bonds is 4. The highest BCUT2D eigenvalue weighted by atomic mass is 14.6. The molecule has 0 aromatic rings. The minimum absolute atomic E-state index is 0.689. The van der Waals surface area contributed by atoms with Gasteiger partial charge in [-0.15, -0.1) is 0 Å². The van der Waals surface area contributed by atoms with E-state index in [4.69, 9.17) is 5.73 Å². The summed E-state index contributed by atoms with van der Waals surface area (Å²) in [6.45, 7) is 3.29. The molecule has 0 saturated heterocycles. The van der Waals surface area contributed by atoms with Crippen molar-refractivity contribution in [2.24, 2.45) is 16.6 Å². The zero-order valence-corrected chi connectivity index (χ0v) is 8.94. The van der Waals surface area contributed by atoms with Gasteiger partial charge >= 0.3 is 0 Å². The third-order valence-corrected chi connectivity index (χ3v) is 5.05. The molecule has 0 radical (unpaired) electrons. The van der Waals surface area contributed by atoms with Crippen molar-refractivity contribution >= 4 is 0 Å². The topological polar surface area (TPSA) is 26.0 Å². The first-order valence-electron chi connectivity index (χ1n) is 5.99. The van der Waals surface area contributed by atoms with Crippen molar-refractivity contribution in [2.75, 3.05) is 6.54 Å². The van der Waals surface area contributed by atoms with Gasteiger partial charge in [-0.3, -0.25) is 0 Å². The smallest absolute Gasteiger partial charge is 0.00718 e. The molecule has 1 heteroatoms. The van der Waals surface area contributed by atoms with E-state index in [0.29, 0.717) is 5.41 Å². The summed E-state index contributed by atoms with van der Waals surface area (Å²) in [5.41, 5.74) is 7.17. The first-order valence-corrected chi connectivity index (χ1v) is 5.99. The third kappa shape index (κ3) is 1.16. The lowest BCUT2D eigenvalue weighted by Crippen LogP contribution is -2.51. The molecule has 0 spiro atoms. The van der Waals surface area contributed by atoms with Gasteiger partial charge < -0.3 is 5.73 Å². The van der Waals surface area contributed by atoms with Crippen LogP contribution >= 0.6 is 0 Å². The molecular formula is C12H23N. The summed E-state index contributed by atoms with van der Waals surface area (Å²) in [6.07, 6.45) is 11.5. The second kappa shape index (κ2) is 3.27. The largest absolute Gasteiger partial charge is 0.330 e. The van der Waals surface area contributed by atoms with Gasteiger partial charge in [0.15, 0.2) is 0 Å². The van der Waals surface area contributed by atoms with Gasteiger partial charge in [0, 0.05) is 0 Å². The first kappa shape index (κ1) is 9.51. The highest BCUT2D eigenvalue weighted by molar-refractivity contribution is 5.06. The molecule has 2 rings (SSSR count). The van der Waals surface area contributed by atoms with Crippen molar-refractivity contribution in [1.29, 1.82) is 0 Å². The molecule has 2 fully saturated rings. The van der Waals surface area contributed by atoms with Crippen LogP contribution in [0.4, 0.5) is 0 Å². The summed E-state index contributed by atoms with van der Waals surface area (Å²) in [5, 5.41) is 0. The van der Waals surface area contributed by atoms with Crippen LogP contribution in [0, 0.1) is 10.8 Å². The van der Waals surface area contributed by atoms with Crippen LogP contribution in [0.3, 0.4) is 0 Å². The highest BCUT2D eigenvalue weighted by Crippen LogP contribution is 2.65. The Balaban J connectivity index is 2.09. The molecule has 0 heterocycles. The molecular weight excluding hydrogens is 158 g/mol. The molecule has 0 aromatic heterocycles. The van der Waals surface area contributed by atoms with Gasteiger partial charge in [0.25, 0.3) is 0 Å². The molecule has 0 aliphatic heterocycles. The van der Waals surface area contributed by atoms with Gasteiger partial charge in [-0.1, -0.05) is 19.8 Å². The van der Waals surface area contributed by atoms with E-state index < -0.39 is 0 Å². The molecule has 0 atom stereocenters. The summed E-state index contributed by atoms with van der Waals surface area (Å²) < 4.78 is 0. The second-order valence-corrected chi connectivity index (χ2v) is 5.16. The van der Waals surface area contributed by atoms with Crippen LogP contribution in [0.25, 0.3) is 0 Å². The maximum Gasteiger partial charge on any atom is -0.00718 e. The van der Waals surface area contributed by atoms with Gasteiger partial charge in [-0.2, -0.15) is 0 Å². The van der Waals surface area contributed by atoms with Gasteiger partial charge in [-0.05, 0) is 55.9 Å². The Morgan fingerprint density at radius 3 is 1.77 bits per heavy atom. The lowest BCUT2D eigenvalue weighted by Gasteiger charge is -2.61. The van der Waals surface area contributed by atoms with Crippen molar-refractivity contribution in [3.8, 4) is 0 Å². The van der Waals surface area contributed by atoms with E-state index in [2.05, 4.69) is 6.92 Å². The van der Waals surface area contributed by atoms with E-state index in [1.165, 1.54) is 51.4 Å². The molecule has 0 bridgehead atoms. The molecule has 1 nitrogen and oxygen atoms in total. The zero-order chi connectivity index (χ0) is 9.36. The summed E-state index contributed by atoms with van der Waals surface area (Å²) in [5.74, 6) is 0. The fourth-order valence-corrected chi connectivity index (χ4v) is 3.79. The van der Waals surface area contributed by atoms with Crippen molar-refractivity contribution in [3.63, 3.8) is 0 Å². The SMILES string of the molecule is CCC1(C2(CCN)CCC2)CCC1. The summed E-state index contributed by atoms with van der Waals surface area (Å²) in [4.78, 5) is 0. The Kier molecular flexibility index (Phi) is 2.39. The average Bonchev–Trinajstić information content (AvgIpc) is 1.98. The lowest BCUT2D eigenvalue weighted by atomic mass is 9.44. The Morgan fingerprint density at radius 2 is 1.54 bits per heavy atom. The molecule has 2 N–H and O–H groups in total. The minimum Gasteiger partial charge on any atom is -0.330 e. The van der Waals surface area contributed by atoms with Crippen LogP contribution in [0.5, 0.6) is 0 Å². The van der Waals surface area contributed by atoms with E-state index in [1.54, 1.807) is 0 Å². The maximum absolute atomic E-state index is 5.75. The molecule has 2 aliphatic rings. The predicted octanol–water partition coefficient (Wildman–Crippen LogP) is 3.09. The van der Waals surface area contributed by atoms with Crippen LogP contribution in [0.15, 0.2) is 0 Å². The molecule has 2 aliphatic carbocycles. The van der Waals surface area contributed by atoms with Gasteiger partial charge in [0.2, 0.25) is 0 Å². The van der Waals surface area contributed by atoms with Crippen molar-refractivity contribution in [1.82, 2.24) is 0 Å². The van der Waals surface area contributed by atoms with Crippen molar-refractivity contribution < 1.29 is 0 Å².